The number of morpholine rings is 1. The molecule has 2 aliphatic rings. The van der Waals surface area contributed by atoms with Crippen molar-refractivity contribution in [3.05, 3.63) is 29.6 Å². The lowest BCUT2D eigenvalue weighted by Gasteiger charge is -2.37. The van der Waals surface area contributed by atoms with E-state index in [4.69, 9.17) is 4.74 Å². The Morgan fingerprint density at radius 3 is 2.91 bits per heavy atom. The molecule has 6 nitrogen and oxygen atoms in total. The van der Waals surface area contributed by atoms with Crippen LogP contribution in [-0.4, -0.2) is 72.7 Å². The van der Waals surface area contributed by atoms with Gasteiger partial charge in [-0.25, -0.2) is 0 Å². The standard InChI is InChI=1S/C16H24N4O2/c1-13-3-2-4-18-14(13)12-19-6-8-20(9-7-19)16(21)15-11-17-5-10-22-15/h2-4,15,17H,5-12H2,1H3/t15-/m0/s1. The van der Waals surface area contributed by atoms with E-state index in [1.165, 1.54) is 5.56 Å². The molecule has 0 aromatic carbocycles. The van der Waals surface area contributed by atoms with E-state index in [0.717, 1.165) is 45.0 Å². The van der Waals surface area contributed by atoms with Crippen molar-refractivity contribution in [2.24, 2.45) is 0 Å². The lowest BCUT2D eigenvalue weighted by atomic mass is 10.2. The van der Waals surface area contributed by atoms with E-state index in [2.05, 4.69) is 28.2 Å². The smallest absolute Gasteiger partial charge is 0.253 e. The lowest BCUT2D eigenvalue weighted by Crippen LogP contribution is -2.55. The normalized spacial score (nSPS) is 23.5. The van der Waals surface area contributed by atoms with E-state index >= 15 is 0 Å². The molecule has 120 valence electrons. The highest BCUT2D eigenvalue weighted by molar-refractivity contribution is 5.81. The first-order valence-corrected chi connectivity index (χ1v) is 7.98. The molecule has 0 unspecified atom stereocenters. The second kappa shape index (κ2) is 7.17. The number of piperazine rings is 1. The van der Waals surface area contributed by atoms with Crippen molar-refractivity contribution in [1.29, 1.82) is 0 Å². The molecule has 22 heavy (non-hydrogen) atoms. The first-order valence-electron chi connectivity index (χ1n) is 7.98. The van der Waals surface area contributed by atoms with Gasteiger partial charge < -0.3 is 15.0 Å². The molecular weight excluding hydrogens is 280 g/mol. The van der Waals surface area contributed by atoms with E-state index in [-0.39, 0.29) is 12.0 Å². The Morgan fingerprint density at radius 1 is 1.41 bits per heavy atom. The van der Waals surface area contributed by atoms with Crippen LogP contribution in [0.5, 0.6) is 0 Å². The molecule has 3 rings (SSSR count). The molecule has 1 aromatic heterocycles. The first-order chi connectivity index (χ1) is 10.7. The van der Waals surface area contributed by atoms with Crippen LogP contribution in [0.25, 0.3) is 0 Å². The number of pyridine rings is 1. The topological polar surface area (TPSA) is 57.7 Å². The first kappa shape index (κ1) is 15.4. The number of carbonyl (C=O) groups excluding carboxylic acids is 1. The van der Waals surface area contributed by atoms with E-state index in [1.54, 1.807) is 0 Å². The third-order valence-electron chi connectivity index (χ3n) is 4.38. The number of amides is 1. The summed E-state index contributed by atoms with van der Waals surface area (Å²) in [6, 6.07) is 4.06. The maximum Gasteiger partial charge on any atom is 0.253 e. The van der Waals surface area contributed by atoms with Crippen LogP contribution in [0.3, 0.4) is 0 Å². The number of nitrogens with one attached hydrogen (secondary N) is 1. The number of carbonyl (C=O) groups is 1. The Hall–Kier alpha value is -1.50. The van der Waals surface area contributed by atoms with Crippen molar-refractivity contribution < 1.29 is 9.53 Å². The van der Waals surface area contributed by atoms with Crippen LogP contribution >= 0.6 is 0 Å². The summed E-state index contributed by atoms with van der Waals surface area (Å²) in [6.07, 6.45) is 1.54. The van der Waals surface area contributed by atoms with Gasteiger partial charge in [0.2, 0.25) is 0 Å². The zero-order chi connectivity index (χ0) is 15.4. The summed E-state index contributed by atoms with van der Waals surface area (Å²) in [6.45, 7) is 8.35. The molecule has 1 amide bonds. The summed E-state index contributed by atoms with van der Waals surface area (Å²) in [4.78, 5) is 21.1. The van der Waals surface area contributed by atoms with Gasteiger partial charge in [-0.3, -0.25) is 14.7 Å². The fourth-order valence-electron chi connectivity index (χ4n) is 2.95. The van der Waals surface area contributed by atoms with E-state index in [0.29, 0.717) is 13.2 Å². The summed E-state index contributed by atoms with van der Waals surface area (Å²) in [7, 11) is 0. The minimum Gasteiger partial charge on any atom is -0.366 e. The zero-order valence-corrected chi connectivity index (χ0v) is 13.1. The zero-order valence-electron chi connectivity index (χ0n) is 13.1. The summed E-state index contributed by atoms with van der Waals surface area (Å²) in [5, 5.41) is 3.21. The second-order valence-electron chi connectivity index (χ2n) is 5.93. The number of hydrogen-bond donors (Lipinski definition) is 1. The Balaban J connectivity index is 1.50. The average molecular weight is 304 g/mol. The minimum absolute atomic E-state index is 0.126. The van der Waals surface area contributed by atoms with E-state index in [9.17, 15) is 4.79 Å². The third-order valence-corrected chi connectivity index (χ3v) is 4.38. The molecule has 3 heterocycles. The van der Waals surface area contributed by atoms with Gasteiger partial charge in [0, 0.05) is 52.0 Å². The van der Waals surface area contributed by atoms with Crippen molar-refractivity contribution in [3.8, 4) is 0 Å². The molecule has 1 N–H and O–H groups in total. The SMILES string of the molecule is Cc1cccnc1CN1CCN(C(=O)[C@@H]2CNCCO2)CC1. The predicted molar refractivity (Wildman–Crippen MR) is 83.4 cm³/mol. The predicted octanol–water partition coefficient (Wildman–Crippen LogP) is 0.0226. The van der Waals surface area contributed by atoms with Crippen molar-refractivity contribution in [1.82, 2.24) is 20.1 Å². The van der Waals surface area contributed by atoms with Gasteiger partial charge in [0.1, 0.15) is 6.10 Å². The minimum atomic E-state index is -0.307. The summed E-state index contributed by atoms with van der Waals surface area (Å²) >= 11 is 0. The summed E-state index contributed by atoms with van der Waals surface area (Å²) in [5.41, 5.74) is 2.35. The van der Waals surface area contributed by atoms with Crippen LogP contribution in [0, 0.1) is 6.92 Å². The van der Waals surface area contributed by atoms with Gasteiger partial charge in [-0.2, -0.15) is 0 Å². The van der Waals surface area contributed by atoms with Gasteiger partial charge in [-0.1, -0.05) is 6.07 Å². The molecule has 1 atom stereocenters. The number of hydrogen-bond acceptors (Lipinski definition) is 5. The van der Waals surface area contributed by atoms with E-state index in [1.807, 2.05) is 17.2 Å². The molecule has 2 saturated heterocycles. The molecule has 2 aliphatic heterocycles. The van der Waals surface area contributed by atoms with Gasteiger partial charge in [-0.05, 0) is 18.6 Å². The van der Waals surface area contributed by atoms with E-state index < -0.39 is 0 Å². The molecule has 0 radical (unpaired) electrons. The second-order valence-corrected chi connectivity index (χ2v) is 5.93. The van der Waals surface area contributed by atoms with Crippen molar-refractivity contribution in [3.63, 3.8) is 0 Å². The van der Waals surface area contributed by atoms with Gasteiger partial charge in [0.25, 0.3) is 5.91 Å². The van der Waals surface area contributed by atoms with Crippen LogP contribution in [-0.2, 0) is 16.1 Å². The number of nitrogens with zero attached hydrogens (tertiary/aromatic N) is 3. The number of aromatic nitrogens is 1. The quantitative estimate of drug-likeness (QED) is 0.853. The Morgan fingerprint density at radius 2 is 2.23 bits per heavy atom. The maximum atomic E-state index is 12.4. The van der Waals surface area contributed by atoms with Crippen LogP contribution in [0.4, 0.5) is 0 Å². The van der Waals surface area contributed by atoms with Gasteiger partial charge >= 0.3 is 0 Å². The molecule has 0 bridgehead atoms. The largest absolute Gasteiger partial charge is 0.366 e. The molecule has 0 spiro atoms. The molecule has 6 heteroatoms. The third kappa shape index (κ3) is 3.63. The number of ether oxygens (including phenoxy) is 1. The van der Waals surface area contributed by atoms with Crippen LogP contribution in [0.2, 0.25) is 0 Å². The molecule has 1 aromatic rings. The maximum absolute atomic E-state index is 12.4. The Kier molecular flexibility index (Phi) is 5.02. The molecule has 0 aliphatic carbocycles. The van der Waals surface area contributed by atoms with Crippen molar-refractivity contribution in [2.45, 2.75) is 19.6 Å². The number of aryl methyl sites for hydroxylation is 1. The van der Waals surface area contributed by atoms with Crippen LogP contribution in [0.1, 0.15) is 11.3 Å². The fraction of sp³-hybridized carbons (Fsp3) is 0.625. The fourth-order valence-corrected chi connectivity index (χ4v) is 2.95. The highest BCUT2D eigenvalue weighted by Crippen LogP contribution is 2.12. The van der Waals surface area contributed by atoms with Crippen molar-refractivity contribution >= 4 is 5.91 Å². The van der Waals surface area contributed by atoms with Gasteiger partial charge in [0.15, 0.2) is 0 Å². The van der Waals surface area contributed by atoms with Gasteiger partial charge in [-0.15, -0.1) is 0 Å². The van der Waals surface area contributed by atoms with Gasteiger partial charge in [0.05, 0.1) is 12.3 Å². The molecular formula is C16H24N4O2. The van der Waals surface area contributed by atoms with Crippen LogP contribution < -0.4 is 5.32 Å². The number of rotatable bonds is 3. The van der Waals surface area contributed by atoms with Crippen molar-refractivity contribution in [2.75, 3.05) is 45.9 Å². The highest BCUT2D eigenvalue weighted by atomic mass is 16.5. The monoisotopic (exact) mass is 304 g/mol. The highest BCUT2D eigenvalue weighted by Gasteiger charge is 2.29. The Bertz CT molecular complexity index is 509. The summed E-state index contributed by atoms with van der Waals surface area (Å²) < 4.78 is 5.55. The molecule has 0 saturated carbocycles. The molecule has 2 fully saturated rings. The summed E-state index contributed by atoms with van der Waals surface area (Å²) in [5.74, 6) is 0.126. The van der Waals surface area contributed by atoms with Crippen LogP contribution in [0.15, 0.2) is 18.3 Å². The average Bonchev–Trinajstić information content (AvgIpc) is 2.58. The lowest BCUT2D eigenvalue weighted by molar-refractivity contribution is -0.147. The Labute approximate surface area is 131 Å².